The molecule has 4 rings (SSSR count). The minimum absolute atomic E-state index is 0.0476. The first-order valence-electron chi connectivity index (χ1n) is 10.0. The number of nitro benzene ring substituents is 1. The third kappa shape index (κ3) is 5.76. The first-order valence-corrected chi connectivity index (χ1v) is 11.9. The van der Waals surface area contributed by atoms with Crippen LogP contribution in [-0.2, 0) is 6.61 Å². The van der Waals surface area contributed by atoms with Crippen LogP contribution < -0.4 is 14.9 Å². The van der Waals surface area contributed by atoms with Gasteiger partial charge in [-0.15, -0.1) is 0 Å². The Bertz CT molecular complexity index is 1270. The predicted octanol–water partition coefficient (Wildman–Crippen LogP) is 6.23. The van der Waals surface area contributed by atoms with Crippen LogP contribution in [0.15, 0.2) is 65.8 Å². The molecular weight excluding hydrogens is 555 g/mol. The molecule has 3 aromatic carbocycles. The van der Waals surface area contributed by atoms with Gasteiger partial charge in [0.15, 0.2) is 11.5 Å². The number of non-ortho nitro benzene ring substituents is 1. The highest BCUT2D eigenvalue weighted by Gasteiger charge is 2.13. The molecule has 0 aliphatic heterocycles. The van der Waals surface area contributed by atoms with Gasteiger partial charge in [-0.2, -0.15) is 5.10 Å². The van der Waals surface area contributed by atoms with Crippen LogP contribution >= 0.6 is 33.9 Å². The van der Waals surface area contributed by atoms with E-state index in [1.165, 1.54) is 23.5 Å². The van der Waals surface area contributed by atoms with Gasteiger partial charge < -0.3 is 9.47 Å². The summed E-state index contributed by atoms with van der Waals surface area (Å²) in [4.78, 5) is 14.9. The maximum absolute atomic E-state index is 10.8. The lowest BCUT2D eigenvalue weighted by Gasteiger charge is -2.14. The van der Waals surface area contributed by atoms with E-state index >= 15 is 0 Å². The molecule has 0 amide bonds. The number of thiazole rings is 1. The molecule has 0 atom stereocenters. The Morgan fingerprint density at radius 1 is 1.18 bits per heavy atom. The summed E-state index contributed by atoms with van der Waals surface area (Å²) in [6.07, 6.45) is 1.71. The number of nitrogens with one attached hydrogen (secondary N) is 1. The normalized spacial score (nSPS) is 11.1. The second kappa shape index (κ2) is 10.6. The van der Waals surface area contributed by atoms with Gasteiger partial charge in [0.1, 0.15) is 6.61 Å². The Morgan fingerprint density at radius 3 is 2.70 bits per heavy atom. The monoisotopic (exact) mass is 574 g/mol. The second-order valence-electron chi connectivity index (χ2n) is 6.83. The largest absolute Gasteiger partial charge is 0.490 e. The van der Waals surface area contributed by atoms with Crippen molar-refractivity contribution in [3.05, 3.63) is 85.5 Å². The summed E-state index contributed by atoms with van der Waals surface area (Å²) in [5, 5.41) is 15.9. The molecule has 0 aliphatic carbocycles. The van der Waals surface area contributed by atoms with E-state index in [0.29, 0.717) is 18.1 Å². The number of benzene rings is 3. The number of halogens is 1. The van der Waals surface area contributed by atoms with Gasteiger partial charge in [-0.25, -0.2) is 4.98 Å². The number of para-hydroxylation sites is 1. The first-order chi connectivity index (χ1) is 16.0. The third-order valence-corrected chi connectivity index (χ3v) is 6.27. The van der Waals surface area contributed by atoms with Gasteiger partial charge in [-0.05, 0) is 77.0 Å². The molecule has 0 saturated carbocycles. The van der Waals surface area contributed by atoms with E-state index in [9.17, 15) is 10.1 Å². The van der Waals surface area contributed by atoms with Crippen LogP contribution in [0.3, 0.4) is 0 Å². The van der Waals surface area contributed by atoms with Gasteiger partial charge in [0.25, 0.3) is 5.69 Å². The average molecular weight is 574 g/mol. The third-order valence-electron chi connectivity index (χ3n) is 4.53. The maximum Gasteiger partial charge on any atom is 0.269 e. The van der Waals surface area contributed by atoms with Gasteiger partial charge in [-0.3, -0.25) is 15.5 Å². The fourth-order valence-electron chi connectivity index (χ4n) is 3.02. The van der Waals surface area contributed by atoms with Crippen molar-refractivity contribution < 1.29 is 14.4 Å². The molecule has 1 aromatic heterocycles. The number of nitro groups is 1. The zero-order valence-corrected chi connectivity index (χ0v) is 20.5. The summed E-state index contributed by atoms with van der Waals surface area (Å²) in [5.74, 6) is 1.22. The van der Waals surface area contributed by atoms with E-state index in [4.69, 9.17) is 9.47 Å². The van der Waals surface area contributed by atoms with E-state index in [1.54, 1.807) is 18.3 Å². The van der Waals surface area contributed by atoms with Crippen molar-refractivity contribution in [3.63, 3.8) is 0 Å². The van der Waals surface area contributed by atoms with Gasteiger partial charge in [-0.1, -0.05) is 23.5 Å². The number of rotatable bonds is 9. The molecule has 168 valence electrons. The van der Waals surface area contributed by atoms with Gasteiger partial charge in [0.2, 0.25) is 5.13 Å². The van der Waals surface area contributed by atoms with E-state index in [2.05, 4.69) is 38.1 Å². The number of hydrogen-bond donors (Lipinski definition) is 1. The van der Waals surface area contributed by atoms with Crippen molar-refractivity contribution in [3.8, 4) is 11.5 Å². The number of ether oxygens (including phenoxy) is 2. The Labute approximate surface area is 207 Å². The van der Waals surface area contributed by atoms with Crippen LogP contribution in [0.2, 0.25) is 0 Å². The fourth-order valence-corrected chi connectivity index (χ4v) is 4.61. The van der Waals surface area contributed by atoms with Crippen LogP contribution in [0, 0.1) is 13.7 Å². The number of aromatic nitrogens is 1. The molecule has 0 aliphatic rings. The molecule has 0 radical (unpaired) electrons. The summed E-state index contributed by atoms with van der Waals surface area (Å²) < 4.78 is 13.7. The minimum atomic E-state index is -0.424. The number of anilines is 1. The average Bonchev–Trinajstić information content (AvgIpc) is 3.22. The minimum Gasteiger partial charge on any atom is -0.490 e. The zero-order chi connectivity index (χ0) is 23.2. The molecule has 8 nitrogen and oxygen atoms in total. The van der Waals surface area contributed by atoms with Crippen molar-refractivity contribution in [2.45, 2.75) is 13.5 Å². The lowest BCUT2D eigenvalue weighted by molar-refractivity contribution is -0.384. The molecule has 0 unspecified atom stereocenters. The van der Waals surface area contributed by atoms with Crippen LogP contribution in [0.25, 0.3) is 10.2 Å². The van der Waals surface area contributed by atoms with E-state index in [1.807, 2.05) is 43.3 Å². The molecule has 0 saturated heterocycles. The number of hydrogen-bond acceptors (Lipinski definition) is 8. The molecule has 0 fully saturated rings. The molecule has 10 heteroatoms. The smallest absolute Gasteiger partial charge is 0.269 e. The van der Waals surface area contributed by atoms with Crippen molar-refractivity contribution >= 4 is 61.2 Å². The van der Waals surface area contributed by atoms with Crippen LogP contribution in [0.5, 0.6) is 11.5 Å². The summed E-state index contributed by atoms with van der Waals surface area (Å²) in [6.45, 7) is 2.65. The topological polar surface area (TPSA) is 98.9 Å². The van der Waals surface area contributed by atoms with Crippen molar-refractivity contribution in [1.82, 2.24) is 4.98 Å². The summed E-state index contributed by atoms with van der Waals surface area (Å²) in [5.41, 5.74) is 5.63. The van der Waals surface area contributed by atoms with Crippen molar-refractivity contribution in [2.75, 3.05) is 12.0 Å². The lowest BCUT2D eigenvalue weighted by atomic mass is 10.2. The lowest BCUT2D eigenvalue weighted by Crippen LogP contribution is -2.03. The van der Waals surface area contributed by atoms with Crippen molar-refractivity contribution in [1.29, 1.82) is 0 Å². The summed E-state index contributed by atoms with van der Waals surface area (Å²) in [7, 11) is 0. The maximum atomic E-state index is 10.8. The molecule has 33 heavy (non-hydrogen) atoms. The molecular formula is C23H19IN4O4S. The Kier molecular flexibility index (Phi) is 7.35. The zero-order valence-electron chi connectivity index (χ0n) is 17.5. The SMILES string of the molecule is CCOc1cc(/C=N\Nc2nc3ccccc3s2)cc(I)c1OCc1ccc([N+](=O)[O-])cc1. The highest BCUT2D eigenvalue weighted by Crippen LogP contribution is 2.34. The van der Waals surface area contributed by atoms with E-state index in [-0.39, 0.29) is 12.3 Å². The van der Waals surface area contributed by atoms with E-state index in [0.717, 1.165) is 30.0 Å². The van der Waals surface area contributed by atoms with Gasteiger partial charge in [0.05, 0.1) is 31.5 Å². The highest BCUT2D eigenvalue weighted by atomic mass is 127. The second-order valence-corrected chi connectivity index (χ2v) is 9.02. The standard InChI is InChI=1S/C23H19IN4O4S/c1-2-31-20-12-16(13-25-27-23-26-19-5-3-4-6-21(19)33-23)11-18(24)22(20)32-14-15-7-9-17(10-8-15)28(29)30/h3-13H,2,14H2,1H3,(H,26,27)/b25-13-. The van der Waals surface area contributed by atoms with E-state index < -0.39 is 4.92 Å². The van der Waals surface area contributed by atoms with Crippen LogP contribution in [0.1, 0.15) is 18.1 Å². The number of fused-ring (bicyclic) bond motifs is 1. The van der Waals surface area contributed by atoms with Crippen LogP contribution in [0.4, 0.5) is 10.8 Å². The fraction of sp³-hybridized carbons (Fsp3) is 0.130. The van der Waals surface area contributed by atoms with Crippen LogP contribution in [-0.4, -0.2) is 22.7 Å². The molecule has 0 spiro atoms. The summed E-state index contributed by atoms with van der Waals surface area (Å²) >= 11 is 3.73. The number of hydrazone groups is 1. The number of nitrogens with zero attached hydrogens (tertiary/aromatic N) is 3. The Morgan fingerprint density at radius 2 is 1.97 bits per heavy atom. The van der Waals surface area contributed by atoms with Gasteiger partial charge >= 0.3 is 0 Å². The Balaban J connectivity index is 1.47. The first kappa shape index (κ1) is 22.9. The molecule has 1 N–H and O–H groups in total. The van der Waals surface area contributed by atoms with Gasteiger partial charge in [0, 0.05) is 12.1 Å². The quantitative estimate of drug-likeness (QED) is 0.110. The Hall–Kier alpha value is -3.25. The molecule has 1 heterocycles. The predicted molar refractivity (Wildman–Crippen MR) is 139 cm³/mol. The van der Waals surface area contributed by atoms with Crippen molar-refractivity contribution in [2.24, 2.45) is 5.10 Å². The summed E-state index contributed by atoms with van der Waals surface area (Å²) in [6, 6.07) is 18.0. The molecule has 4 aromatic rings. The highest BCUT2D eigenvalue weighted by molar-refractivity contribution is 14.1. The molecule has 0 bridgehead atoms.